The van der Waals surface area contributed by atoms with Gasteiger partial charge in [0.15, 0.2) is 0 Å². The van der Waals surface area contributed by atoms with Crippen LogP contribution in [0.5, 0.6) is 0 Å². The number of hydrogen-bond acceptors (Lipinski definition) is 5. The lowest BCUT2D eigenvalue weighted by molar-refractivity contribution is -0.384. The first-order valence-corrected chi connectivity index (χ1v) is 6.88. The lowest BCUT2D eigenvalue weighted by atomic mass is 10.1. The van der Waals surface area contributed by atoms with Crippen molar-refractivity contribution in [3.63, 3.8) is 0 Å². The van der Waals surface area contributed by atoms with Gasteiger partial charge in [-0.05, 0) is 19.4 Å². The van der Waals surface area contributed by atoms with Crippen molar-refractivity contribution in [1.82, 2.24) is 4.90 Å². The van der Waals surface area contributed by atoms with E-state index < -0.39 is 0 Å². The molecule has 0 unspecified atom stereocenters. The van der Waals surface area contributed by atoms with Gasteiger partial charge in [0.05, 0.1) is 11.0 Å². The fourth-order valence-electron chi connectivity index (χ4n) is 2.73. The quantitative estimate of drug-likeness (QED) is 0.666. The van der Waals surface area contributed by atoms with Crippen molar-refractivity contribution >= 4 is 11.4 Å². The van der Waals surface area contributed by atoms with Crippen molar-refractivity contribution in [3.8, 4) is 0 Å². The Morgan fingerprint density at radius 2 is 2.00 bits per heavy atom. The molecule has 1 saturated heterocycles. The van der Waals surface area contributed by atoms with Gasteiger partial charge in [0, 0.05) is 38.8 Å². The fraction of sp³-hybridized carbons (Fsp3) is 0.571. The first-order chi connectivity index (χ1) is 9.49. The van der Waals surface area contributed by atoms with E-state index in [4.69, 9.17) is 0 Å². The number of anilines is 1. The van der Waals surface area contributed by atoms with Crippen LogP contribution in [0, 0.1) is 17.0 Å². The molecule has 0 bridgehead atoms. The van der Waals surface area contributed by atoms with E-state index in [0.29, 0.717) is 6.54 Å². The third-order valence-electron chi connectivity index (χ3n) is 3.62. The number of β-amino-alcohol motifs (C(OH)–C–C–N with tert-alkyl or cyclic N) is 1. The summed E-state index contributed by atoms with van der Waals surface area (Å²) >= 11 is 0. The molecule has 1 aliphatic heterocycles. The zero-order valence-electron chi connectivity index (χ0n) is 12.0. The number of piperazine rings is 1. The van der Waals surface area contributed by atoms with Gasteiger partial charge in [-0.3, -0.25) is 15.0 Å². The Hall–Kier alpha value is -1.66. The highest BCUT2D eigenvalue weighted by Gasteiger charge is 2.25. The maximum atomic E-state index is 11.2. The van der Waals surface area contributed by atoms with Crippen molar-refractivity contribution in [3.05, 3.63) is 33.9 Å². The standard InChI is InChI=1S/C14H21N3O3/c1-11-4-3-5-13(17(19)20)14(11)16-8-6-15(7-9-16)10-12(2)18/h3-5,12,18H,6-10H2,1-2H3/t12-/m1/s1. The summed E-state index contributed by atoms with van der Waals surface area (Å²) in [6.45, 7) is 7.47. The molecule has 0 aromatic heterocycles. The molecule has 1 aromatic carbocycles. The molecule has 110 valence electrons. The van der Waals surface area contributed by atoms with Gasteiger partial charge in [0.2, 0.25) is 0 Å². The molecule has 1 aliphatic rings. The molecule has 0 aliphatic carbocycles. The molecule has 1 aromatic rings. The normalized spacial score (nSPS) is 18.1. The summed E-state index contributed by atoms with van der Waals surface area (Å²) in [7, 11) is 0. The maximum absolute atomic E-state index is 11.2. The molecule has 6 nitrogen and oxygen atoms in total. The zero-order valence-corrected chi connectivity index (χ0v) is 12.0. The van der Waals surface area contributed by atoms with Crippen LogP contribution in [0.3, 0.4) is 0 Å². The summed E-state index contributed by atoms with van der Waals surface area (Å²) < 4.78 is 0. The highest BCUT2D eigenvalue weighted by molar-refractivity contribution is 5.67. The van der Waals surface area contributed by atoms with Gasteiger partial charge in [-0.1, -0.05) is 12.1 Å². The molecular weight excluding hydrogens is 258 g/mol. The van der Waals surface area contributed by atoms with Crippen LogP contribution in [0.15, 0.2) is 18.2 Å². The second-order valence-electron chi connectivity index (χ2n) is 5.34. The van der Waals surface area contributed by atoms with Crippen LogP contribution in [0.25, 0.3) is 0 Å². The Morgan fingerprint density at radius 3 is 2.55 bits per heavy atom. The number of benzene rings is 1. The van der Waals surface area contributed by atoms with Crippen LogP contribution >= 0.6 is 0 Å². The Bertz CT molecular complexity index is 483. The number of aliphatic hydroxyl groups is 1. The Morgan fingerprint density at radius 1 is 1.35 bits per heavy atom. The summed E-state index contributed by atoms with van der Waals surface area (Å²) in [5, 5.41) is 20.6. The lowest BCUT2D eigenvalue weighted by Crippen LogP contribution is -2.48. The number of aryl methyl sites for hydroxylation is 1. The smallest absolute Gasteiger partial charge is 0.292 e. The molecule has 0 saturated carbocycles. The molecule has 1 fully saturated rings. The number of hydrogen-bond donors (Lipinski definition) is 1. The minimum Gasteiger partial charge on any atom is -0.392 e. The second kappa shape index (κ2) is 6.19. The van der Waals surface area contributed by atoms with E-state index in [2.05, 4.69) is 9.80 Å². The number of aliphatic hydroxyl groups excluding tert-OH is 1. The molecule has 6 heteroatoms. The second-order valence-corrected chi connectivity index (χ2v) is 5.34. The van der Waals surface area contributed by atoms with Crippen LogP contribution in [0.4, 0.5) is 11.4 Å². The van der Waals surface area contributed by atoms with Crippen molar-refractivity contribution < 1.29 is 10.0 Å². The van der Waals surface area contributed by atoms with E-state index in [1.165, 1.54) is 0 Å². The first kappa shape index (κ1) is 14.7. The van der Waals surface area contributed by atoms with E-state index in [9.17, 15) is 15.2 Å². The third kappa shape index (κ3) is 3.26. The molecule has 1 atom stereocenters. The van der Waals surface area contributed by atoms with E-state index in [-0.39, 0.29) is 16.7 Å². The Balaban J connectivity index is 2.13. The highest BCUT2D eigenvalue weighted by Crippen LogP contribution is 2.32. The lowest BCUT2D eigenvalue weighted by Gasteiger charge is -2.36. The SMILES string of the molecule is Cc1cccc([N+](=O)[O-])c1N1CCN(C[C@@H](C)O)CC1. The van der Waals surface area contributed by atoms with E-state index >= 15 is 0 Å². The fourth-order valence-corrected chi connectivity index (χ4v) is 2.73. The largest absolute Gasteiger partial charge is 0.392 e. The molecule has 0 spiro atoms. The topological polar surface area (TPSA) is 69.9 Å². The maximum Gasteiger partial charge on any atom is 0.292 e. The molecular formula is C14H21N3O3. The summed E-state index contributed by atoms with van der Waals surface area (Å²) in [5.41, 5.74) is 1.84. The zero-order chi connectivity index (χ0) is 14.7. The van der Waals surface area contributed by atoms with E-state index in [1.54, 1.807) is 19.1 Å². The molecule has 0 radical (unpaired) electrons. The average Bonchev–Trinajstić information content (AvgIpc) is 2.39. The van der Waals surface area contributed by atoms with Crippen LogP contribution in [-0.2, 0) is 0 Å². The van der Waals surface area contributed by atoms with Crippen LogP contribution < -0.4 is 4.90 Å². The van der Waals surface area contributed by atoms with Gasteiger partial charge >= 0.3 is 0 Å². The monoisotopic (exact) mass is 279 g/mol. The van der Waals surface area contributed by atoms with Crippen LogP contribution in [0.2, 0.25) is 0 Å². The third-order valence-corrected chi connectivity index (χ3v) is 3.62. The molecule has 1 heterocycles. The molecule has 1 N–H and O–H groups in total. The minimum absolute atomic E-state index is 0.175. The van der Waals surface area contributed by atoms with Gasteiger partial charge in [-0.2, -0.15) is 0 Å². The number of nitro benzene ring substituents is 1. The van der Waals surface area contributed by atoms with Crippen molar-refractivity contribution in [1.29, 1.82) is 0 Å². The predicted molar refractivity (Wildman–Crippen MR) is 78.2 cm³/mol. The van der Waals surface area contributed by atoms with Gasteiger partial charge in [0.25, 0.3) is 5.69 Å². The summed E-state index contributed by atoms with van der Waals surface area (Å²) in [6, 6.07) is 5.19. The highest BCUT2D eigenvalue weighted by atomic mass is 16.6. The van der Waals surface area contributed by atoms with Gasteiger partial charge in [-0.25, -0.2) is 0 Å². The van der Waals surface area contributed by atoms with E-state index in [0.717, 1.165) is 37.4 Å². The van der Waals surface area contributed by atoms with Gasteiger partial charge in [-0.15, -0.1) is 0 Å². The molecule has 2 rings (SSSR count). The van der Waals surface area contributed by atoms with Gasteiger partial charge < -0.3 is 10.0 Å². The first-order valence-electron chi connectivity index (χ1n) is 6.88. The summed E-state index contributed by atoms with van der Waals surface area (Å²) in [6.07, 6.45) is -0.339. The number of nitrogens with zero attached hydrogens (tertiary/aromatic N) is 3. The van der Waals surface area contributed by atoms with E-state index in [1.807, 2.05) is 13.0 Å². The minimum atomic E-state index is -0.339. The number of nitro groups is 1. The van der Waals surface area contributed by atoms with Gasteiger partial charge in [0.1, 0.15) is 5.69 Å². The number of rotatable bonds is 4. The molecule has 20 heavy (non-hydrogen) atoms. The van der Waals surface area contributed by atoms with Crippen molar-refractivity contribution in [2.45, 2.75) is 20.0 Å². The van der Waals surface area contributed by atoms with Crippen molar-refractivity contribution in [2.24, 2.45) is 0 Å². The Labute approximate surface area is 118 Å². The predicted octanol–water partition coefficient (Wildman–Crippen LogP) is 1.41. The number of para-hydroxylation sites is 1. The van der Waals surface area contributed by atoms with Crippen LogP contribution in [0.1, 0.15) is 12.5 Å². The van der Waals surface area contributed by atoms with Crippen LogP contribution in [-0.4, -0.2) is 53.8 Å². The molecule has 0 amide bonds. The summed E-state index contributed by atoms with van der Waals surface area (Å²) in [4.78, 5) is 15.1. The van der Waals surface area contributed by atoms with Crippen molar-refractivity contribution in [2.75, 3.05) is 37.6 Å². The summed E-state index contributed by atoms with van der Waals surface area (Å²) in [5.74, 6) is 0. The average molecular weight is 279 g/mol. The Kier molecular flexibility index (Phi) is 4.57.